The van der Waals surface area contributed by atoms with Crippen LogP contribution in [0.15, 0.2) is 36.4 Å². The minimum Gasteiger partial charge on any atom is -0.495 e. The van der Waals surface area contributed by atoms with Gasteiger partial charge in [0, 0.05) is 17.2 Å². The SMILES string of the molecule is COc1cc(NC(=O)CNCCc2cccc(Cl)c2)c(OC)cc1Cl. The molecule has 25 heavy (non-hydrogen) atoms. The van der Waals surface area contributed by atoms with E-state index >= 15 is 0 Å². The van der Waals surface area contributed by atoms with Crippen LogP contribution in [0.3, 0.4) is 0 Å². The van der Waals surface area contributed by atoms with Gasteiger partial charge in [-0.25, -0.2) is 0 Å². The maximum absolute atomic E-state index is 12.1. The molecule has 2 N–H and O–H groups in total. The Bertz CT molecular complexity index is 738. The fourth-order valence-electron chi connectivity index (χ4n) is 2.28. The third-order valence-corrected chi connectivity index (χ3v) is 4.04. The molecule has 0 spiro atoms. The average molecular weight is 383 g/mol. The standard InChI is InChI=1S/C18H20Cl2N2O3/c1-24-16-10-15(17(25-2)9-14(16)20)22-18(23)11-21-7-6-12-4-3-5-13(19)8-12/h3-5,8-10,21H,6-7,11H2,1-2H3,(H,22,23). The number of benzene rings is 2. The molecule has 0 aliphatic heterocycles. The highest BCUT2D eigenvalue weighted by Gasteiger charge is 2.12. The van der Waals surface area contributed by atoms with E-state index in [1.54, 1.807) is 12.1 Å². The van der Waals surface area contributed by atoms with E-state index in [4.69, 9.17) is 32.7 Å². The van der Waals surface area contributed by atoms with E-state index in [0.29, 0.717) is 33.8 Å². The number of nitrogens with one attached hydrogen (secondary N) is 2. The van der Waals surface area contributed by atoms with E-state index in [1.165, 1.54) is 14.2 Å². The van der Waals surface area contributed by atoms with Crippen molar-refractivity contribution < 1.29 is 14.3 Å². The monoisotopic (exact) mass is 382 g/mol. The van der Waals surface area contributed by atoms with Crippen LogP contribution < -0.4 is 20.1 Å². The molecular weight excluding hydrogens is 363 g/mol. The molecule has 0 bridgehead atoms. The molecule has 0 aromatic heterocycles. The Kier molecular flexibility index (Phi) is 7.37. The molecule has 0 unspecified atom stereocenters. The maximum Gasteiger partial charge on any atom is 0.238 e. The number of anilines is 1. The van der Waals surface area contributed by atoms with E-state index in [0.717, 1.165) is 12.0 Å². The first-order valence-corrected chi connectivity index (χ1v) is 8.45. The summed E-state index contributed by atoms with van der Waals surface area (Å²) in [7, 11) is 3.02. The smallest absolute Gasteiger partial charge is 0.238 e. The van der Waals surface area contributed by atoms with Crippen molar-refractivity contribution in [3.05, 3.63) is 52.0 Å². The second-order valence-corrected chi connectivity index (χ2v) is 6.14. The highest BCUT2D eigenvalue weighted by atomic mass is 35.5. The first-order chi connectivity index (χ1) is 12.0. The van der Waals surface area contributed by atoms with Crippen molar-refractivity contribution in [2.24, 2.45) is 0 Å². The van der Waals surface area contributed by atoms with Crippen LogP contribution >= 0.6 is 23.2 Å². The van der Waals surface area contributed by atoms with Crippen LogP contribution in [-0.4, -0.2) is 33.2 Å². The first kappa shape index (κ1) is 19.4. The predicted molar refractivity (Wildman–Crippen MR) is 101 cm³/mol. The van der Waals surface area contributed by atoms with Gasteiger partial charge in [0.1, 0.15) is 11.5 Å². The van der Waals surface area contributed by atoms with E-state index in [9.17, 15) is 4.79 Å². The van der Waals surface area contributed by atoms with Crippen molar-refractivity contribution in [1.82, 2.24) is 5.32 Å². The van der Waals surface area contributed by atoms with Crippen LogP contribution in [0.2, 0.25) is 10.0 Å². The highest BCUT2D eigenvalue weighted by Crippen LogP contribution is 2.35. The Hall–Kier alpha value is -1.95. The zero-order chi connectivity index (χ0) is 18.2. The van der Waals surface area contributed by atoms with Crippen molar-refractivity contribution in [2.45, 2.75) is 6.42 Å². The van der Waals surface area contributed by atoms with Gasteiger partial charge in [0.2, 0.25) is 5.91 Å². The van der Waals surface area contributed by atoms with Gasteiger partial charge in [-0.1, -0.05) is 35.3 Å². The Balaban J connectivity index is 1.86. The van der Waals surface area contributed by atoms with Crippen molar-refractivity contribution in [1.29, 1.82) is 0 Å². The molecule has 2 aromatic rings. The summed E-state index contributed by atoms with van der Waals surface area (Å²) in [5.74, 6) is 0.749. The summed E-state index contributed by atoms with van der Waals surface area (Å²) in [6, 6.07) is 10.9. The Morgan fingerprint density at radius 3 is 2.52 bits per heavy atom. The van der Waals surface area contributed by atoms with Crippen molar-refractivity contribution in [2.75, 3.05) is 32.6 Å². The second kappa shape index (κ2) is 9.51. The molecule has 2 rings (SSSR count). The van der Waals surface area contributed by atoms with Crippen molar-refractivity contribution in [3.8, 4) is 11.5 Å². The summed E-state index contributed by atoms with van der Waals surface area (Å²) in [5.41, 5.74) is 1.62. The summed E-state index contributed by atoms with van der Waals surface area (Å²) in [4.78, 5) is 12.1. The molecule has 7 heteroatoms. The quantitative estimate of drug-likeness (QED) is 0.682. The van der Waals surface area contributed by atoms with Crippen LogP contribution in [0.1, 0.15) is 5.56 Å². The molecule has 0 aliphatic rings. The number of carbonyl (C=O) groups is 1. The van der Waals surface area contributed by atoms with Gasteiger partial charge < -0.3 is 20.1 Å². The fourth-order valence-corrected chi connectivity index (χ4v) is 2.72. The fraction of sp³-hybridized carbons (Fsp3) is 0.278. The Morgan fingerprint density at radius 1 is 1.08 bits per heavy atom. The van der Waals surface area contributed by atoms with Crippen molar-refractivity contribution >= 4 is 34.8 Å². The van der Waals surface area contributed by atoms with Gasteiger partial charge in [-0.15, -0.1) is 0 Å². The summed E-state index contributed by atoms with van der Waals surface area (Å²) >= 11 is 12.0. The molecule has 134 valence electrons. The number of halogens is 2. The Morgan fingerprint density at radius 2 is 1.84 bits per heavy atom. The lowest BCUT2D eigenvalue weighted by molar-refractivity contribution is -0.115. The molecule has 5 nitrogen and oxygen atoms in total. The molecule has 0 aliphatic carbocycles. The molecule has 2 aromatic carbocycles. The van der Waals surface area contributed by atoms with Gasteiger partial charge in [-0.3, -0.25) is 4.79 Å². The molecule has 0 atom stereocenters. The first-order valence-electron chi connectivity index (χ1n) is 7.70. The minimum absolute atomic E-state index is 0.175. The number of rotatable bonds is 8. The van der Waals surface area contributed by atoms with Crippen LogP contribution in [-0.2, 0) is 11.2 Å². The maximum atomic E-state index is 12.1. The van der Waals surface area contributed by atoms with Gasteiger partial charge >= 0.3 is 0 Å². The molecule has 0 radical (unpaired) electrons. The van der Waals surface area contributed by atoms with Crippen LogP contribution in [0.4, 0.5) is 5.69 Å². The average Bonchev–Trinajstić information content (AvgIpc) is 2.60. The lowest BCUT2D eigenvalue weighted by atomic mass is 10.1. The van der Waals surface area contributed by atoms with Gasteiger partial charge in [0.05, 0.1) is 31.5 Å². The number of hydrogen-bond acceptors (Lipinski definition) is 4. The van der Waals surface area contributed by atoms with Crippen LogP contribution in [0.5, 0.6) is 11.5 Å². The van der Waals surface area contributed by atoms with Crippen LogP contribution in [0.25, 0.3) is 0 Å². The second-order valence-electron chi connectivity index (χ2n) is 5.29. The number of methoxy groups -OCH3 is 2. The number of ether oxygens (including phenoxy) is 2. The van der Waals surface area contributed by atoms with Crippen molar-refractivity contribution in [3.63, 3.8) is 0 Å². The van der Waals surface area contributed by atoms with E-state index in [-0.39, 0.29) is 12.5 Å². The summed E-state index contributed by atoms with van der Waals surface area (Å²) < 4.78 is 10.4. The van der Waals surface area contributed by atoms with Gasteiger partial charge in [0.15, 0.2) is 0 Å². The van der Waals surface area contributed by atoms with Gasteiger partial charge in [-0.2, -0.15) is 0 Å². The van der Waals surface area contributed by atoms with Gasteiger partial charge in [-0.05, 0) is 30.7 Å². The summed E-state index contributed by atoms with van der Waals surface area (Å²) in [5, 5.41) is 7.00. The highest BCUT2D eigenvalue weighted by molar-refractivity contribution is 6.32. The van der Waals surface area contributed by atoms with Crippen LogP contribution in [0, 0.1) is 0 Å². The van der Waals surface area contributed by atoms with E-state index in [1.807, 2.05) is 24.3 Å². The number of amides is 1. The number of hydrogen-bond donors (Lipinski definition) is 2. The third kappa shape index (κ3) is 5.81. The zero-order valence-electron chi connectivity index (χ0n) is 14.1. The molecule has 0 heterocycles. The predicted octanol–water partition coefficient (Wildman–Crippen LogP) is 3.78. The lowest BCUT2D eigenvalue weighted by Crippen LogP contribution is -2.29. The van der Waals surface area contributed by atoms with Gasteiger partial charge in [0.25, 0.3) is 0 Å². The Labute approximate surface area is 157 Å². The normalized spacial score (nSPS) is 10.4. The molecule has 0 saturated heterocycles. The molecule has 0 fully saturated rings. The summed E-state index contributed by atoms with van der Waals surface area (Å²) in [6.07, 6.45) is 0.784. The third-order valence-electron chi connectivity index (χ3n) is 3.51. The zero-order valence-corrected chi connectivity index (χ0v) is 15.6. The topological polar surface area (TPSA) is 59.6 Å². The summed E-state index contributed by atoms with van der Waals surface area (Å²) in [6.45, 7) is 0.837. The molecule has 0 saturated carbocycles. The molecular formula is C18H20Cl2N2O3. The molecule has 1 amide bonds. The largest absolute Gasteiger partial charge is 0.495 e. The lowest BCUT2D eigenvalue weighted by Gasteiger charge is -2.13. The van der Waals surface area contributed by atoms with E-state index < -0.39 is 0 Å². The van der Waals surface area contributed by atoms with E-state index in [2.05, 4.69) is 10.6 Å². The minimum atomic E-state index is -0.186. The number of carbonyl (C=O) groups excluding carboxylic acids is 1.